The molecule has 0 radical (unpaired) electrons. The van der Waals surface area contributed by atoms with Crippen molar-refractivity contribution in [3.63, 3.8) is 0 Å². The molecule has 3 aromatic rings. The highest BCUT2D eigenvalue weighted by molar-refractivity contribution is 9.10. The first-order chi connectivity index (χ1) is 11.8. The lowest BCUT2D eigenvalue weighted by molar-refractivity contribution is 0.209. The summed E-state index contributed by atoms with van der Waals surface area (Å²) in [5, 5.41) is 15.5. The zero-order valence-corrected chi connectivity index (χ0v) is 15.7. The van der Waals surface area contributed by atoms with E-state index in [-0.39, 0.29) is 5.02 Å². The van der Waals surface area contributed by atoms with Crippen molar-refractivity contribution >= 4 is 27.5 Å². The summed E-state index contributed by atoms with van der Waals surface area (Å²) in [6.07, 6.45) is -1.07. The first-order valence-electron chi connectivity index (χ1n) is 7.41. The van der Waals surface area contributed by atoms with Gasteiger partial charge in [0, 0.05) is 28.2 Å². The Bertz CT molecular complexity index is 958. The van der Waals surface area contributed by atoms with Gasteiger partial charge in [0.2, 0.25) is 0 Å². The third-order valence-corrected chi connectivity index (χ3v) is 4.98. The van der Waals surface area contributed by atoms with Crippen LogP contribution in [0.25, 0.3) is 11.1 Å². The lowest BCUT2D eigenvalue weighted by Gasteiger charge is -2.16. The van der Waals surface area contributed by atoms with E-state index in [1.807, 2.05) is 0 Å². The predicted octanol–water partition coefficient (Wildman–Crippen LogP) is 5.17. The molecular formula is C18H14BrClF2N2O. The van der Waals surface area contributed by atoms with Crippen molar-refractivity contribution in [1.29, 1.82) is 0 Å². The lowest BCUT2D eigenvalue weighted by Crippen LogP contribution is -2.09. The van der Waals surface area contributed by atoms with Gasteiger partial charge >= 0.3 is 0 Å². The van der Waals surface area contributed by atoms with Gasteiger partial charge in [-0.2, -0.15) is 5.10 Å². The number of hydrogen-bond acceptors (Lipinski definition) is 2. The molecule has 0 aliphatic heterocycles. The molecule has 0 fully saturated rings. The summed E-state index contributed by atoms with van der Waals surface area (Å²) >= 11 is 9.48. The molecular weight excluding hydrogens is 414 g/mol. The van der Waals surface area contributed by atoms with Crippen molar-refractivity contribution in [3.8, 4) is 11.1 Å². The predicted molar refractivity (Wildman–Crippen MR) is 96.5 cm³/mol. The standard InChI is InChI=1S/C18H14BrClF2N2O/c1-9-16(13-6-4-11(22)8-15(13)20)17(24(2)23-9)18(25)12-5-3-10(21)7-14(12)19/h3-8,18,25H,1-2H3. The Morgan fingerprint density at radius 1 is 1.16 bits per heavy atom. The largest absolute Gasteiger partial charge is 0.382 e. The molecule has 1 unspecified atom stereocenters. The van der Waals surface area contributed by atoms with Crippen LogP contribution in [0.3, 0.4) is 0 Å². The zero-order valence-electron chi connectivity index (χ0n) is 13.4. The minimum atomic E-state index is -1.07. The fourth-order valence-corrected chi connectivity index (χ4v) is 3.71. The summed E-state index contributed by atoms with van der Waals surface area (Å²) < 4.78 is 28.7. The number of aromatic nitrogens is 2. The van der Waals surface area contributed by atoms with Crippen molar-refractivity contribution in [3.05, 3.63) is 74.5 Å². The minimum Gasteiger partial charge on any atom is -0.382 e. The summed E-state index contributed by atoms with van der Waals surface area (Å²) in [7, 11) is 1.70. The number of aryl methyl sites for hydroxylation is 2. The van der Waals surface area contributed by atoms with Gasteiger partial charge in [0.25, 0.3) is 0 Å². The first-order valence-corrected chi connectivity index (χ1v) is 8.58. The Morgan fingerprint density at radius 3 is 2.44 bits per heavy atom. The molecule has 3 nitrogen and oxygen atoms in total. The molecule has 0 bridgehead atoms. The molecule has 1 atom stereocenters. The summed E-state index contributed by atoms with van der Waals surface area (Å²) in [5.74, 6) is -0.857. The second-order valence-corrected chi connectivity index (χ2v) is 6.92. The maximum absolute atomic E-state index is 13.4. The van der Waals surface area contributed by atoms with Crippen LogP contribution in [0.15, 0.2) is 40.9 Å². The monoisotopic (exact) mass is 426 g/mol. The zero-order chi connectivity index (χ0) is 18.3. The Morgan fingerprint density at radius 2 is 1.80 bits per heavy atom. The van der Waals surface area contributed by atoms with Crippen LogP contribution in [0.5, 0.6) is 0 Å². The van der Waals surface area contributed by atoms with Gasteiger partial charge in [0.15, 0.2) is 0 Å². The van der Waals surface area contributed by atoms with Crippen LogP contribution < -0.4 is 0 Å². The van der Waals surface area contributed by atoms with E-state index in [9.17, 15) is 13.9 Å². The van der Waals surface area contributed by atoms with Gasteiger partial charge in [-0.25, -0.2) is 8.78 Å². The Balaban J connectivity index is 2.20. The summed E-state index contributed by atoms with van der Waals surface area (Å²) in [5.41, 5.74) is 2.81. The average Bonchev–Trinajstić information content (AvgIpc) is 2.81. The van der Waals surface area contributed by atoms with E-state index >= 15 is 0 Å². The van der Waals surface area contributed by atoms with Crippen molar-refractivity contribution in [2.75, 3.05) is 0 Å². The molecule has 1 heterocycles. The summed E-state index contributed by atoms with van der Waals surface area (Å²) in [6, 6.07) is 8.13. The highest BCUT2D eigenvalue weighted by Crippen LogP contribution is 2.39. The molecule has 130 valence electrons. The molecule has 1 aromatic heterocycles. The summed E-state index contributed by atoms with van der Waals surface area (Å²) in [4.78, 5) is 0. The van der Waals surface area contributed by atoms with Crippen LogP contribution in [0, 0.1) is 18.6 Å². The number of aliphatic hydroxyl groups excluding tert-OH is 1. The van der Waals surface area contributed by atoms with Crippen LogP contribution in [-0.2, 0) is 7.05 Å². The van der Waals surface area contributed by atoms with E-state index in [1.54, 1.807) is 24.7 Å². The molecule has 0 aliphatic rings. The van der Waals surface area contributed by atoms with Crippen LogP contribution in [0.2, 0.25) is 5.02 Å². The van der Waals surface area contributed by atoms with Crippen LogP contribution in [-0.4, -0.2) is 14.9 Å². The molecule has 0 spiro atoms. The fraction of sp³-hybridized carbons (Fsp3) is 0.167. The van der Waals surface area contributed by atoms with Gasteiger partial charge in [-0.15, -0.1) is 0 Å². The molecule has 0 amide bonds. The van der Waals surface area contributed by atoms with Crippen LogP contribution >= 0.6 is 27.5 Å². The number of halogens is 4. The van der Waals surface area contributed by atoms with Gasteiger partial charge in [-0.3, -0.25) is 4.68 Å². The van der Waals surface area contributed by atoms with Crippen molar-refractivity contribution < 1.29 is 13.9 Å². The molecule has 25 heavy (non-hydrogen) atoms. The molecule has 2 aromatic carbocycles. The van der Waals surface area contributed by atoms with Crippen molar-refractivity contribution in [2.24, 2.45) is 7.05 Å². The van der Waals surface area contributed by atoms with Crippen molar-refractivity contribution in [2.45, 2.75) is 13.0 Å². The molecule has 0 saturated carbocycles. The smallest absolute Gasteiger partial charge is 0.124 e. The molecule has 3 rings (SSSR count). The average molecular weight is 428 g/mol. The Kier molecular flexibility index (Phi) is 4.95. The highest BCUT2D eigenvalue weighted by atomic mass is 79.9. The second-order valence-electron chi connectivity index (χ2n) is 5.66. The van der Waals surface area contributed by atoms with E-state index in [4.69, 9.17) is 11.6 Å². The highest BCUT2D eigenvalue weighted by Gasteiger charge is 2.25. The number of nitrogens with zero attached hydrogens (tertiary/aromatic N) is 2. The third-order valence-electron chi connectivity index (χ3n) is 3.98. The topological polar surface area (TPSA) is 38.0 Å². The molecule has 0 aliphatic carbocycles. The maximum Gasteiger partial charge on any atom is 0.124 e. The SMILES string of the molecule is Cc1nn(C)c(C(O)c2ccc(F)cc2Br)c1-c1ccc(F)cc1Cl. The van der Waals surface area contributed by atoms with Gasteiger partial charge in [0.1, 0.15) is 17.7 Å². The first kappa shape index (κ1) is 18.0. The fourth-order valence-electron chi connectivity index (χ4n) is 2.89. The molecule has 0 saturated heterocycles. The lowest BCUT2D eigenvalue weighted by atomic mass is 9.97. The maximum atomic E-state index is 13.4. The number of benzene rings is 2. The second kappa shape index (κ2) is 6.86. The van der Waals surface area contributed by atoms with E-state index < -0.39 is 17.7 Å². The third kappa shape index (κ3) is 3.34. The normalized spacial score (nSPS) is 12.4. The van der Waals surface area contributed by atoms with Gasteiger partial charge in [0.05, 0.1) is 16.4 Å². The van der Waals surface area contributed by atoms with E-state index in [0.717, 1.165) is 0 Å². The Hall–Kier alpha value is -1.76. The number of aliphatic hydroxyl groups is 1. The summed E-state index contributed by atoms with van der Waals surface area (Å²) in [6.45, 7) is 1.78. The van der Waals surface area contributed by atoms with Gasteiger partial charge < -0.3 is 5.11 Å². The number of rotatable bonds is 3. The van der Waals surface area contributed by atoms with E-state index in [0.29, 0.717) is 32.6 Å². The van der Waals surface area contributed by atoms with Gasteiger partial charge in [-0.1, -0.05) is 33.6 Å². The Labute approximate surface area is 157 Å². The van der Waals surface area contributed by atoms with Gasteiger partial charge in [-0.05, 0) is 37.3 Å². The van der Waals surface area contributed by atoms with Crippen LogP contribution in [0.4, 0.5) is 8.78 Å². The number of hydrogen-bond donors (Lipinski definition) is 1. The van der Waals surface area contributed by atoms with Crippen LogP contribution in [0.1, 0.15) is 23.1 Å². The van der Waals surface area contributed by atoms with E-state index in [2.05, 4.69) is 21.0 Å². The minimum absolute atomic E-state index is 0.225. The molecule has 7 heteroatoms. The van der Waals surface area contributed by atoms with Crippen molar-refractivity contribution in [1.82, 2.24) is 9.78 Å². The molecule has 1 N–H and O–H groups in total. The quantitative estimate of drug-likeness (QED) is 0.626. The van der Waals surface area contributed by atoms with E-state index in [1.165, 1.54) is 30.3 Å².